The normalized spacial score (nSPS) is 11.4. The number of rotatable bonds is 6. The molecule has 1 aromatic heterocycles. The summed E-state index contributed by atoms with van der Waals surface area (Å²) in [7, 11) is 4.15. The van der Waals surface area contributed by atoms with Crippen molar-refractivity contribution in [2.45, 2.75) is 19.8 Å². The van der Waals surface area contributed by atoms with Crippen LogP contribution in [0.4, 0.5) is 0 Å². The molecule has 2 aromatic rings. The zero-order chi connectivity index (χ0) is 13.8. The van der Waals surface area contributed by atoms with E-state index in [1.807, 2.05) is 18.3 Å². The molecular formula is C15H21ClN2O. The van der Waals surface area contributed by atoms with Crippen molar-refractivity contribution in [2.75, 3.05) is 27.2 Å². The molecule has 0 aliphatic heterocycles. The van der Waals surface area contributed by atoms with Crippen molar-refractivity contribution in [3.05, 3.63) is 28.9 Å². The summed E-state index contributed by atoms with van der Waals surface area (Å²) < 4.78 is 5.69. The quantitative estimate of drug-likeness (QED) is 0.874. The number of likely N-dealkylation sites (N-methyl/N-ethyl adjacent to an activating group) is 1. The molecule has 0 amide bonds. The van der Waals surface area contributed by atoms with Gasteiger partial charge >= 0.3 is 0 Å². The van der Waals surface area contributed by atoms with Gasteiger partial charge in [-0.25, -0.2) is 0 Å². The highest BCUT2D eigenvalue weighted by Gasteiger charge is 2.12. The van der Waals surface area contributed by atoms with Crippen LogP contribution in [-0.4, -0.2) is 37.1 Å². The first-order chi connectivity index (χ1) is 9.13. The van der Waals surface area contributed by atoms with E-state index in [1.165, 1.54) is 5.56 Å². The van der Waals surface area contributed by atoms with Crippen LogP contribution in [0.1, 0.15) is 18.9 Å². The molecule has 0 radical (unpaired) electrons. The van der Waals surface area contributed by atoms with E-state index >= 15 is 0 Å². The molecule has 0 atom stereocenters. The summed E-state index contributed by atoms with van der Waals surface area (Å²) in [5, 5.41) is 1.82. The maximum atomic E-state index is 6.48. The van der Waals surface area contributed by atoms with E-state index in [0.29, 0.717) is 6.61 Å². The molecule has 2 rings (SSSR count). The van der Waals surface area contributed by atoms with Crippen LogP contribution in [0.15, 0.2) is 18.3 Å². The van der Waals surface area contributed by atoms with Gasteiger partial charge in [-0.2, -0.15) is 0 Å². The van der Waals surface area contributed by atoms with Gasteiger partial charge in [0.25, 0.3) is 0 Å². The zero-order valence-corrected chi connectivity index (χ0v) is 12.5. The van der Waals surface area contributed by atoms with Crippen molar-refractivity contribution in [1.29, 1.82) is 0 Å². The molecule has 0 aliphatic rings. The van der Waals surface area contributed by atoms with Crippen LogP contribution in [-0.2, 0) is 6.42 Å². The second-order valence-electron chi connectivity index (χ2n) is 5.02. The van der Waals surface area contributed by atoms with Gasteiger partial charge in [-0.05, 0) is 44.6 Å². The average Bonchev–Trinajstić information content (AvgIpc) is 2.79. The highest BCUT2D eigenvalue weighted by Crippen LogP contribution is 2.35. The highest BCUT2D eigenvalue weighted by molar-refractivity contribution is 6.37. The largest absolute Gasteiger partial charge is 0.492 e. The SMILES string of the molecule is CCCOc1ccc2[nH]cc(CCN(C)C)c2c1Cl. The number of hydrogen-bond acceptors (Lipinski definition) is 2. The number of benzene rings is 1. The second-order valence-corrected chi connectivity index (χ2v) is 5.39. The highest BCUT2D eigenvalue weighted by atomic mass is 35.5. The first-order valence-corrected chi connectivity index (χ1v) is 7.07. The van der Waals surface area contributed by atoms with Gasteiger partial charge in [0.05, 0.1) is 11.6 Å². The third kappa shape index (κ3) is 3.23. The van der Waals surface area contributed by atoms with Gasteiger partial charge in [0.2, 0.25) is 0 Å². The Balaban J connectivity index is 2.32. The fourth-order valence-corrected chi connectivity index (χ4v) is 2.43. The summed E-state index contributed by atoms with van der Waals surface area (Å²) in [6.07, 6.45) is 4.00. The molecule has 0 saturated carbocycles. The number of H-pyrrole nitrogens is 1. The molecule has 0 spiro atoms. The minimum Gasteiger partial charge on any atom is -0.492 e. The third-order valence-corrected chi connectivity index (χ3v) is 3.49. The van der Waals surface area contributed by atoms with Gasteiger partial charge in [-0.1, -0.05) is 18.5 Å². The molecule has 0 saturated heterocycles. The van der Waals surface area contributed by atoms with Crippen molar-refractivity contribution in [2.24, 2.45) is 0 Å². The van der Waals surface area contributed by atoms with E-state index in [4.69, 9.17) is 16.3 Å². The second kappa shape index (κ2) is 6.31. The lowest BCUT2D eigenvalue weighted by Crippen LogP contribution is -2.14. The molecule has 3 nitrogen and oxygen atoms in total. The van der Waals surface area contributed by atoms with Gasteiger partial charge in [-0.3, -0.25) is 0 Å². The molecule has 1 aromatic carbocycles. The Labute approximate surface area is 119 Å². The number of ether oxygens (including phenoxy) is 1. The molecule has 0 fully saturated rings. The Hall–Kier alpha value is -1.19. The number of nitrogens with zero attached hydrogens (tertiary/aromatic N) is 1. The number of hydrogen-bond donors (Lipinski definition) is 1. The fraction of sp³-hybridized carbons (Fsp3) is 0.467. The van der Waals surface area contributed by atoms with Gasteiger partial charge < -0.3 is 14.6 Å². The molecule has 1 heterocycles. The van der Waals surface area contributed by atoms with E-state index in [2.05, 4.69) is 30.9 Å². The third-order valence-electron chi connectivity index (χ3n) is 3.12. The summed E-state index contributed by atoms with van der Waals surface area (Å²) in [6.45, 7) is 3.79. The number of aromatic amines is 1. The van der Waals surface area contributed by atoms with Gasteiger partial charge in [-0.15, -0.1) is 0 Å². The lowest BCUT2D eigenvalue weighted by Gasteiger charge is -2.10. The Morgan fingerprint density at radius 1 is 1.32 bits per heavy atom. The van der Waals surface area contributed by atoms with Crippen molar-refractivity contribution in [3.8, 4) is 5.75 Å². The Kier molecular flexibility index (Phi) is 4.72. The summed E-state index contributed by atoms with van der Waals surface area (Å²) in [5.41, 5.74) is 2.32. The van der Waals surface area contributed by atoms with Crippen molar-refractivity contribution in [1.82, 2.24) is 9.88 Å². The van der Waals surface area contributed by atoms with Crippen LogP contribution >= 0.6 is 11.6 Å². The molecule has 0 unspecified atom stereocenters. The van der Waals surface area contributed by atoms with Crippen LogP contribution in [0.3, 0.4) is 0 Å². The Bertz CT molecular complexity index is 548. The number of halogens is 1. The maximum absolute atomic E-state index is 6.48. The van der Waals surface area contributed by atoms with E-state index < -0.39 is 0 Å². The summed E-state index contributed by atoms with van der Waals surface area (Å²) in [5.74, 6) is 0.779. The molecule has 104 valence electrons. The van der Waals surface area contributed by atoms with E-state index in [1.54, 1.807) is 0 Å². The Morgan fingerprint density at radius 2 is 2.11 bits per heavy atom. The predicted molar refractivity (Wildman–Crippen MR) is 81.4 cm³/mol. The maximum Gasteiger partial charge on any atom is 0.138 e. The van der Waals surface area contributed by atoms with Crippen LogP contribution in [0.2, 0.25) is 5.02 Å². The van der Waals surface area contributed by atoms with Crippen molar-refractivity contribution < 1.29 is 4.74 Å². The summed E-state index contributed by atoms with van der Waals surface area (Å²) >= 11 is 6.48. The molecule has 1 N–H and O–H groups in total. The van der Waals surface area contributed by atoms with Crippen LogP contribution in [0, 0.1) is 0 Å². The minimum atomic E-state index is 0.697. The number of fused-ring (bicyclic) bond motifs is 1. The average molecular weight is 281 g/mol. The molecule has 19 heavy (non-hydrogen) atoms. The monoisotopic (exact) mass is 280 g/mol. The fourth-order valence-electron chi connectivity index (χ4n) is 2.09. The predicted octanol–water partition coefficient (Wildman–Crippen LogP) is 3.71. The molecule has 0 bridgehead atoms. The molecular weight excluding hydrogens is 260 g/mol. The standard InChI is InChI=1S/C15H21ClN2O/c1-4-9-19-13-6-5-12-14(15(13)16)11(10-17-12)7-8-18(2)3/h5-6,10,17H,4,7-9H2,1-3H3. The molecule has 4 heteroatoms. The van der Waals surface area contributed by atoms with E-state index in [-0.39, 0.29) is 0 Å². The van der Waals surface area contributed by atoms with Crippen molar-refractivity contribution in [3.63, 3.8) is 0 Å². The minimum absolute atomic E-state index is 0.697. The van der Waals surface area contributed by atoms with E-state index in [0.717, 1.165) is 41.1 Å². The smallest absolute Gasteiger partial charge is 0.138 e. The first-order valence-electron chi connectivity index (χ1n) is 6.69. The Morgan fingerprint density at radius 3 is 2.79 bits per heavy atom. The summed E-state index contributed by atoms with van der Waals surface area (Å²) in [6, 6.07) is 3.97. The van der Waals surface area contributed by atoms with Crippen LogP contribution < -0.4 is 4.74 Å². The summed E-state index contributed by atoms with van der Waals surface area (Å²) in [4.78, 5) is 5.45. The lowest BCUT2D eigenvalue weighted by molar-refractivity contribution is 0.318. The van der Waals surface area contributed by atoms with E-state index in [9.17, 15) is 0 Å². The zero-order valence-electron chi connectivity index (χ0n) is 11.8. The number of nitrogens with one attached hydrogen (secondary N) is 1. The van der Waals surface area contributed by atoms with Gasteiger partial charge in [0, 0.05) is 23.6 Å². The molecule has 0 aliphatic carbocycles. The van der Waals surface area contributed by atoms with Crippen LogP contribution in [0.5, 0.6) is 5.75 Å². The lowest BCUT2D eigenvalue weighted by atomic mass is 10.1. The first kappa shape index (κ1) is 14.2. The van der Waals surface area contributed by atoms with Crippen molar-refractivity contribution >= 4 is 22.5 Å². The van der Waals surface area contributed by atoms with Crippen LogP contribution in [0.25, 0.3) is 10.9 Å². The van der Waals surface area contributed by atoms with Gasteiger partial charge in [0.1, 0.15) is 5.75 Å². The van der Waals surface area contributed by atoms with Gasteiger partial charge in [0.15, 0.2) is 0 Å². The number of aromatic nitrogens is 1. The topological polar surface area (TPSA) is 28.3 Å².